The van der Waals surface area contributed by atoms with E-state index in [-0.39, 0.29) is 25.0 Å². The maximum atomic E-state index is 12.6. The summed E-state index contributed by atoms with van der Waals surface area (Å²) in [5, 5.41) is 18.9. The zero-order valence-electron chi connectivity index (χ0n) is 12.0. The first-order valence-corrected chi connectivity index (χ1v) is 7.52. The largest absolute Gasteiger partial charge is 0.480 e. The number of likely N-dealkylation sites (tertiary alicyclic amines) is 2. The molecule has 2 aliphatic rings. The van der Waals surface area contributed by atoms with Gasteiger partial charge in [0.1, 0.15) is 6.04 Å². The van der Waals surface area contributed by atoms with Gasteiger partial charge in [0.2, 0.25) is 0 Å². The van der Waals surface area contributed by atoms with Crippen molar-refractivity contribution in [1.29, 1.82) is 0 Å². The first-order valence-electron chi connectivity index (χ1n) is 7.52. The minimum atomic E-state index is -1.03. The molecule has 2 amide bonds. The van der Waals surface area contributed by atoms with E-state index < -0.39 is 18.1 Å². The molecule has 2 fully saturated rings. The molecular formula is C14H24N2O4. The van der Waals surface area contributed by atoms with Crippen LogP contribution in [0.25, 0.3) is 0 Å². The predicted molar refractivity (Wildman–Crippen MR) is 73.4 cm³/mol. The van der Waals surface area contributed by atoms with Crippen LogP contribution in [0.15, 0.2) is 0 Å². The van der Waals surface area contributed by atoms with Crippen LogP contribution in [-0.4, -0.2) is 63.3 Å². The van der Waals surface area contributed by atoms with E-state index in [9.17, 15) is 19.8 Å². The molecule has 6 nitrogen and oxygen atoms in total. The van der Waals surface area contributed by atoms with Crippen molar-refractivity contribution in [3.05, 3.63) is 0 Å². The Morgan fingerprint density at radius 3 is 2.65 bits per heavy atom. The SMILES string of the molecule is CCCC1CCCCN1C(=O)N1CC(O)CC1C(=O)O. The van der Waals surface area contributed by atoms with Crippen LogP contribution in [-0.2, 0) is 4.79 Å². The van der Waals surface area contributed by atoms with Gasteiger partial charge in [-0.25, -0.2) is 9.59 Å². The lowest BCUT2D eigenvalue weighted by Gasteiger charge is -2.39. The lowest BCUT2D eigenvalue weighted by molar-refractivity contribution is -0.141. The molecule has 0 radical (unpaired) electrons. The van der Waals surface area contributed by atoms with E-state index >= 15 is 0 Å². The van der Waals surface area contributed by atoms with Gasteiger partial charge in [-0.2, -0.15) is 0 Å². The van der Waals surface area contributed by atoms with E-state index in [1.165, 1.54) is 4.90 Å². The summed E-state index contributed by atoms with van der Waals surface area (Å²) < 4.78 is 0. The molecule has 3 atom stereocenters. The Bertz CT molecular complexity index is 372. The minimum absolute atomic E-state index is 0.130. The number of hydrogen-bond donors (Lipinski definition) is 2. The summed E-state index contributed by atoms with van der Waals surface area (Å²) in [6.07, 6.45) is 4.47. The number of urea groups is 1. The highest BCUT2D eigenvalue weighted by Gasteiger charge is 2.42. The highest BCUT2D eigenvalue weighted by Crippen LogP contribution is 2.26. The van der Waals surface area contributed by atoms with Crippen molar-refractivity contribution in [2.24, 2.45) is 0 Å². The molecule has 0 aromatic rings. The fourth-order valence-electron chi connectivity index (χ4n) is 3.31. The maximum Gasteiger partial charge on any atom is 0.326 e. The smallest absolute Gasteiger partial charge is 0.326 e. The predicted octanol–water partition coefficient (Wildman–Crippen LogP) is 1.28. The van der Waals surface area contributed by atoms with Gasteiger partial charge in [0.25, 0.3) is 0 Å². The number of rotatable bonds is 3. The number of carboxylic acid groups (broad SMARTS) is 1. The van der Waals surface area contributed by atoms with Crippen LogP contribution in [0.5, 0.6) is 0 Å². The molecule has 0 aromatic heterocycles. The summed E-state index contributed by atoms with van der Waals surface area (Å²) in [7, 11) is 0. The number of hydrogen-bond acceptors (Lipinski definition) is 3. The molecule has 6 heteroatoms. The molecule has 0 bridgehead atoms. The number of aliphatic carboxylic acids is 1. The number of carbonyl (C=O) groups excluding carboxylic acids is 1. The van der Waals surface area contributed by atoms with Gasteiger partial charge in [-0.15, -0.1) is 0 Å². The summed E-state index contributed by atoms with van der Waals surface area (Å²) in [4.78, 5) is 27.0. The standard InChI is InChI=1S/C14H24N2O4/c1-2-5-10-6-3-4-7-15(10)14(20)16-9-11(17)8-12(16)13(18)19/h10-12,17H,2-9H2,1H3,(H,18,19). The number of nitrogens with zero attached hydrogens (tertiary/aromatic N) is 2. The van der Waals surface area contributed by atoms with E-state index in [2.05, 4.69) is 6.92 Å². The maximum absolute atomic E-state index is 12.6. The third-order valence-corrected chi connectivity index (χ3v) is 4.30. The number of aliphatic hydroxyl groups is 1. The average molecular weight is 284 g/mol. The molecule has 2 rings (SSSR count). The molecule has 2 N–H and O–H groups in total. The molecule has 0 aromatic carbocycles. The van der Waals surface area contributed by atoms with Crippen LogP contribution in [0.3, 0.4) is 0 Å². The van der Waals surface area contributed by atoms with Crippen molar-refractivity contribution in [3.8, 4) is 0 Å². The molecule has 0 spiro atoms. The number of aliphatic hydroxyl groups excluding tert-OH is 1. The van der Waals surface area contributed by atoms with Crippen LogP contribution < -0.4 is 0 Å². The van der Waals surface area contributed by atoms with Gasteiger partial charge in [-0.1, -0.05) is 13.3 Å². The van der Waals surface area contributed by atoms with Crippen molar-refractivity contribution >= 4 is 12.0 Å². The molecule has 2 saturated heterocycles. The zero-order valence-corrected chi connectivity index (χ0v) is 12.0. The fraction of sp³-hybridized carbons (Fsp3) is 0.857. The molecule has 114 valence electrons. The normalized spacial score (nSPS) is 30.6. The second-order valence-electron chi connectivity index (χ2n) is 5.81. The van der Waals surface area contributed by atoms with Gasteiger partial charge in [-0.3, -0.25) is 0 Å². The zero-order chi connectivity index (χ0) is 14.7. The second-order valence-corrected chi connectivity index (χ2v) is 5.81. The summed E-state index contributed by atoms with van der Waals surface area (Å²) in [6.45, 7) is 2.92. The number of amides is 2. The quantitative estimate of drug-likeness (QED) is 0.818. The summed E-state index contributed by atoms with van der Waals surface area (Å²) in [5.41, 5.74) is 0. The Balaban J connectivity index is 2.09. The van der Waals surface area contributed by atoms with E-state index in [0.29, 0.717) is 6.54 Å². The Hall–Kier alpha value is -1.30. The van der Waals surface area contributed by atoms with Crippen LogP contribution in [0.2, 0.25) is 0 Å². The van der Waals surface area contributed by atoms with Crippen molar-refractivity contribution in [3.63, 3.8) is 0 Å². The number of β-amino-alcohol motifs (C(OH)–C–C–N with tert-alkyl or cyclic N) is 1. The van der Waals surface area contributed by atoms with Gasteiger partial charge in [0.15, 0.2) is 0 Å². The summed E-state index contributed by atoms with van der Waals surface area (Å²) in [5.74, 6) is -1.03. The molecule has 20 heavy (non-hydrogen) atoms. The van der Waals surface area contributed by atoms with Crippen molar-refractivity contribution in [2.45, 2.75) is 63.6 Å². The summed E-state index contributed by atoms with van der Waals surface area (Å²) >= 11 is 0. The van der Waals surface area contributed by atoms with E-state index in [0.717, 1.165) is 32.1 Å². The lowest BCUT2D eigenvalue weighted by atomic mass is 9.98. The molecule has 3 unspecified atom stereocenters. The van der Waals surface area contributed by atoms with Crippen LogP contribution in [0.1, 0.15) is 45.4 Å². The van der Waals surface area contributed by atoms with Gasteiger partial charge >= 0.3 is 12.0 Å². The van der Waals surface area contributed by atoms with Crippen molar-refractivity contribution in [2.75, 3.05) is 13.1 Å². The van der Waals surface area contributed by atoms with E-state index in [4.69, 9.17) is 0 Å². The lowest BCUT2D eigenvalue weighted by Crippen LogP contribution is -2.53. The van der Waals surface area contributed by atoms with Crippen molar-refractivity contribution in [1.82, 2.24) is 9.80 Å². The Labute approximate surface area is 119 Å². The van der Waals surface area contributed by atoms with E-state index in [1.54, 1.807) is 0 Å². The van der Waals surface area contributed by atoms with Crippen LogP contribution >= 0.6 is 0 Å². The highest BCUT2D eigenvalue weighted by atomic mass is 16.4. The third kappa shape index (κ3) is 3.06. The van der Waals surface area contributed by atoms with Crippen LogP contribution in [0.4, 0.5) is 4.79 Å². The van der Waals surface area contributed by atoms with Crippen molar-refractivity contribution < 1.29 is 19.8 Å². The molecule has 2 heterocycles. The van der Waals surface area contributed by atoms with Gasteiger partial charge in [0.05, 0.1) is 6.10 Å². The molecule has 0 saturated carbocycles. The topological polar surface area (TPSA) is 81.1 Å². The highest BCUT2D eigenvalue weighted by molar-refractivity contribution is 5.83. The first kappa shape index (κ1) is 15.1. The van der Waals surface area contributed by atoms with E-state index in [1.807, 2.05) is 4.90 Å². The summed E-state index contributed by atoms with van der Waals surface area (Å²) in [6, 6.07) is -0.887. The molecular weight excluding hydrogens is 260 g/mol. The van der Waals surface area contributed by atoms with Gasteiger partial charge in [0, 0.05) is 25.6 Å². The number of carbonyl (C=O) groups is 2. The van der Waals surface area contributed by atoms with Gasteiger partial charge in [-0.05, 0) is 25.7 Å². The number of piperidine rings is 1. The molecule has 0 aliphatic carbocycles. The monoisotopic (exact) mass is 284 g/mol. The Morgan fingerprint density at radius 2 is 2.00 bits per heavy atom. The van der Waals surface area contributed by atoms with Crippen LogP contribution in [0, 0.1) is 0 Å². The fourth-order valence-corrected chi connectivity index (χ4v) is 3.31. The molecule has 2 aliphatic heterocycles. The third-order valence-electron chi connectivity index (χ3n) is 4.30. The average Bonchev–Trinajstić information content (AvgIpc) is 2.81. The first-order chi connectivity index (χ1) is 9.54. The Morgan fingerprint density at radius 1 is 1.25 bits per heavy atom. The number of carboxylic acids is 1. The second kappa shape index (κ2) is 6.43. The van der Waals surface area contributed by atoms with Gasteiger partial charge < -0.3 is 20.0 Å². The Kier molecular flexibility index (Phi) is 4.86. The minimum Gasteiger partial charge on any atom is -0.480 e.